The Hall–Kier alpha value is -1.91. The van der Waals surface area contributed by atoms with Gasteiger partial charge in [-0.1, -0.05) is 6.92 Å². The molecule has 1 N–H and O–H groups in total. The van der Waals surface area contributed by atoms with Gasteiger partial charge in [0.05, 0.1) is 18.1 Å². The number of nitrogens with zero attached hydrogens (tertiary/aromatic N) is 2. The second kappa shape index (κ2) is 9.53. The van der Waals surface area contributed by atoms with E-state index in [0.717, 1.165) is 44.2 Å². The Morgan fingerprint density at radius 1 is 1.39 bits per heavy atom. The lowest BCUT2D eigenvalue weighted by Crippen LogP contribution is -2.40. The number of hydrogen-bond donors (Lipinski definition) is 1. The Kier molecular flexibility index (Phi) is 7.08. The standard InChI is InChI=1S/C21H29N3O3S/c1-3-27-21(26)15-5-4-9-24(13-15)10-8-19(25)23-20-17(12-22)16-7-6-14(2)11-18(16)28-20/h14-15H,3-11,13H2,1-2H3,(H,23,25)/t14-,15+/m1/s1. The first-order chi connectivity index (χ1) is 13.5. The topological polar surface area (TPSA) is 82.4 Å². The Balaban J connectivity index is 1.54. The second-order valence-corrected chi connectivity index (χ2v) is 8.96. The highest BCUT2D eigenvalue weighted by Gasteiger charge is 2.28. The summed E-state index contributed by atoms with van der Waals surface area (Å²) in [7, 11) is 0. The summed E-state index contributed by atoms with van der Waals surface area (Å²) in [4.78, 5) is 27.9. The molecule has 2 atom stereocenters. The molecule has 1 aliphatic carbocycles. The van der Waals surface area contributed by atoms with Gasteiger partial charge in [-0.2, -0.15) is 5.26 Å². The lowest BCUT2D eigenvalue weighted by molar-refractivity contribution is -0.149. The molecular weight excluding hydrogens is 374 g/mol. The van der Waals surface area contributed by atoms with Crippen molar-refractivity contribution in [3.8, 4) is 6.07 Å². The van der Waals surface area contributed by atoms with Crippen molar-refractivity contribution in [1.29, 1.82) is 5.26 Å². The number of hydrogen-bond acceptors (Lipinski definition) is 6. The summed E-state index contributed by atoms with van der Waals surface area (Å²) in [6.07, 6.45) is 5.18. The number of thiophene rings is 1. The minimum Gasteiger partial charge on any atom is -0.466 e. The van der Waals surface area contributed by atoms with Crippen LogP contribution in [0.1, 0.15) is 55.5 Å². The van der Waals surface area contributed by atoms with Crippen LogP contribution in [0.2, 0.25) is 0 Å². The molecule has 1 fully saturated rings. The number of likely N-dealkylation sites (tertiary alicyclic amines) is 1. The predicted octanol–water partition coefficient (Wildman–Crippen LogP) is 3.35. The van der Waals surface area contributed by atoms with Crippen LogP contribution in [0.25, 0.3) is 0 Å². The number of piperidine rings is 1. The van der Waals surface area contributed by atoms with Crippen LogP contribution in [0.15, 0.2) is 0 Å². The number of rotatable bonds is 6. The van der Waals surface area contributed by atoms with Crippen molar-refractivity contribution >= 4 is 28.2 Å². The van der Waals surface area contributed by atoms with Crippen molar-refractivity contribution in [2.24, 2.45) is 11.8 Å². The Labute approximate surface area is 170 Å². The van der Waals surface area contributed by atoms with Crippen molar-refractivity contribution < 1.29 is 14.3 Å². The second-order valence-electron chi connectivity index (χ2n) is 7.86. The van der Waals surface area contributed by atoms with Crippen LogP contribution in [-0.4, -0.2) is 43.0 Å². The highest BCUT2D eigenvalue weighted by molar-refractivity contribution is 7.16. The third-order valence-electron chi connectivity index (χ3n) is 5.66. The van der Waals surface area contributed by atoms with Crippen LogP contribution in [0.5, 0.6) is 0 Å². The van der Waals surface area contributed by atoms with Gasteiger partial charge in [-0.3, -0.25) is 9.59 Å². The fourth-order valence-electron chi connectivity index (χ4n) is 4.12. The monoisotopic (exact) mass is 403 g/mol. The number of esters is 1. The number of nitrogens with one attached hydrogen (secondary N) is 1. The van der Waals surface area contributed by atoms with Crippen LogP contribution < -0.4 is 5.32 Å². The summed E-state index contributed by atoms with van der Waals surface area (Å²) in [5.74, 6) is 0.343. The molecule has 0 aromatic carbocycles. The van der Waals surface area contributed by atoms with Crippen LogP contribution >= 0.6 is 11.3 Å². The molecule has 7 heteroatoms. The summed E-state index contributed by atoms with van der Waals surface area (Å²) < 4.78 is 5.13. The van der Waals surface area contributed by atoms with Gasteiger partial charge in [0.1, 0.15) is 11.1 Å². The molecule has 0 unspecified atom stereocenters. The lowest BCUT2D eigenvalue weighted by Gasteiger charge is -2.31. The summed E-state index contributed by atoms with van der Waals surface area (Å²) >= 11 is 1.56. The maximum atomic E-state index is 12.5. The number of anilines is 1. The smallest absolute Gasteiger partial charge is 0.310 e. The van der Waals surface area contributed by atoms with Gasteiger partial charge in [-0.25, -0.2) is 0 Å². The summed E-state index contributed by atoms with van der Waals surface area (Å²) in [5, 5.41) is 13.2. The summed E-state index contributed by atoms with van der Waals surface area (Å²) in [6, 6.07) is 2.29. The van der Waals surface area contributed by atoms with E-state index in [2.05, 4.69) is 23.2 Å². The quantitative estimate of drug-likeness (QED) is 0.737. The Bertz CT molecular complexity index is 768. The van der Waals surface area contributed by atoms with Gasteiger partial charge in [0.25, 0.3) is 0 Å². The highest BCUT2D eigenvalue weighted by Crippen LogP contribution is 2.39. The zero-order valence-electron chi connectivity index (χ0n) is 16.8. The molecular formula is C21H29N3O3S. The van der Waals surface area contributed by atoms with E-state index in [9.17, 15) is 14.9 Å². The first-order valence-corrected chi connectivity index (χ1v) is 11.1. The normalized spacial score (nSPS) is 22.2. The van der Waals surface area contributed by atoms with Crippen molar-refractivity contribution in [1.82, 2.24) is 4.90 Å². The van der Waals surface area contributed by atoms with Gasteiger partial charge in [-0.15, -0.1) is 11.3 Å². The molecule has 0 radical (unpaired) electrons. The van der Waals surface area contributed by atoms with Gasteiger partial charge in [0.2, 0.25) is 5.91 Å². The molecule has 152 valence electrons. The maximum absolute atomic E-state index is 12.5. The van der Waals surface area contributed by atoms with Gasteiger partial charge >= 0.3 is 5.97 Å². The highest BCUT2D eigenvalue weighted by atomic mass is 32.1. The van der Waals surface area contributed by atoms with Crippen LogP contribution in [0, 0.1) is 23.2 Å². The first-order valence-electron chi connectivity index (χ1n) is 10.2. The van der Waals surface area contributed by atoms with Crippen LogP contribution in [-0.2, 0) is 27.2 Å². The molecule has 1 aromatic rings. The van der Waals surface area contributed by atoms with Gasteiger partial charge in [0, 0.05) is 24.4 Å². The molecule has 6 nitrogen and oxygen atoms in total. The van der Waals surface area contributed by atoms with Gasteiger partial charge < -0.3 is 15.0 Å². The zero-order chi connectivity index (χ0) is 20.1. The number of nitriles is 1. The van der Waals surface area contributed by atoms with Gasteiger partial charge in [-0.05, 0) is 57.1 Å². The van der Waals surface area contributed by atoms with E-state index >= 15 is 0 Å². The van der Waals surface area contributed by atoms with Crippen LogP contribution in [0.3, 0.4) is 0 Å². The molecule has 1 aromatic heterocycles. The number of fused-ring (bicyclic) bond motifs is 1. The molecule has 2 heterocycles. The predicted molar refractivity (Wildman–Crippen MR) is 109 cm³/mol. The summed E-state index contributed by atoms with van der Waals surface area (Å²) in [5.41, 5.74) is 1.79. The van der Waals surface area contributed by atoms with E-state index in [-0.39, 0.29) is 17.8 Å². The van der Waals surface area contributed by atoms with Crippen LogP contribution in [0.4, 0.5) is 5.00 Å². The minimum atomic E-state index is -0.131. The lowest BCUT2D eigenvalue weighted by atomic mass is 9.89. The van der Waals surface area contributed by atoms with E-state index in [1.54, 1.807) is 11.3 Å². The fourth-order valence-corrected chi connectivity index (χ4v) is 5.49. The Morgan fingerprint density at radius 2 is 2.21 bits per heavy atom. The number of carbonyl (C=O) groups excluding carboxylic acids is 2. The largest absolute Gasteiger partial charge is 0.466 e. The number of ether oxygens (including phenoxy) is 1. The van der Waals surface area contributed by atoms with E-state index in [0.29, 0.717) is 42.6 Å². The molecule has 2 aliphatic rings. The number of amides is 1. The van der Waals surface area contributed by atoms with Crippen molar-refractivity contribution in [2.45, 2.75) is 52.4 Å². The van der Waals surface area contributed by atoms with E-state index < -0.39 is 0 Å². The Morgan fingerprint density at radius 3 is 2.96 bits per heavy atom. The molecule has 3 rings (SSSR count). The van der Waals surface area contributed by atoms with E-state index in [1.165, 1.54) is 4.88 Å². The molecule has 1 aliphatic heterocycles. The SMILES string of the molecule is CCOC(=O)[C@H]1CCCN(CCC(=O)Nc2sc3c(c2C#N)CC[C@@H](C)C3)C1. The average molecular weight is 404 g/mol. The number of carbonyl (C=O) groups is 2. The average Bonchev–Trinajstić information content (AvgIpc) is 3.02. The molecule has 1 amide bonds. The maximum Gasteiger partial charge on any atom is 0.310 e. The van der Waals surface area contributed by atoms with E-state index in [4.69, 9.17) is 4.74 Å². The molecule has 0 saturated carbocycles. The fraction of sp³-hybridized carbons (Fsp3) is 0.667. The van der Waals surface area contributed by atoms with Gasteiger partial charge in [0.15, 0.2) is 0 Å². The van der Waals surface area contributed by atoms with E-state index in [1.807, 2.05) is 6.92 Å². The third kappa shape index (κ3) is 4.92. The minimum absolute atomic E-state index is 0.0681. The molecule has 0 bridgehead atoms. The van der Waals surface area contributed by atoms with Crippen molar-refractivity contribution in [2.75, 3.05) is 31.6 Å². The zero-order valence-corrected chi connectivity index (χ0v) is 17.6. The third-order valence-corrected chi connectivity index (χ3v) is 6.83. The van der Waals surface area contributed by atoms with Crippen molar-refractivity contribution in [3.63, 3.8) is 0 Å². The molecule has 1 saturated heterocycles. The summed E-state index contributed by atoms with van der Waals surface area (Å²) in [6.45, 7) is 6.63. The first kappa shape index (κ1) is 20.8. The van der Waals surface area contributed by atoms with Crippen molar-refractivity contribution in [3.05, 3.63) is 16.0 Å². The molecule has 28 heavy (non-hydrogen) atoms. The molecule has 0 spiro atoms.